The van der Waals surface area contributed by atoms with Gasteiger partial charge in [-0.25, -0.2) is 0 Å². The van der Waals surface area contributed by atoms with E-state index in [1.807, 2.05) is 43.3 Å². The van der Waals surface area contributed by atoms with E-state index in [0.717, 1.165) is 22.8 Å². The zero-order valence-electron chi connectivity index (χ0n) is 10.8. The average molecular weight is 293 g/mol. The molecule has 0 bridgehead atoms. The molecular weight excluding hydrogens is 276 g/mol. The molecule has 0 fully saturated rings. The van der Waals surface area contributed by atoms with Gasteiger partial charge in [0, 0.05) is 15.7 Å². The van der Waals surface area contributed by atoms with E-state index in [2.05, 4.69) is 12.1 Å². The topological polar surface area (TPSA) is 20.2 Å². The number of hydrogen-bond donors (Lipinski definition) is 1. The molecule has 0 heterocycles. The summed E-state index contributed by atoms with van der Waals surface area (Å²) in [7, 11) is 0. The lowest BCUT2D eigenvalue weighted by Gasteiger charge is -2.09. The van der Waals surface area contributed by atoms with Gasteiger partial charge in [-0.15, -0.1) is 11.8 Å². The SMILES string of the molecule is CCC(O)c1ccc(SCc2ccc(Cl)cc2)cc1. The van der Waals surface area contributed by atoms with E-state index < -0.39 is 0 Å². The second-order valence-electron chi connectivity index (χ2n) is 4.41. The summed E-state index contributed by atoms with van der Waals surface area (Å²) in [5.74, 6) is 0.923. The smallest absolute Gasteiger partial charge is 0.0787 e. The van der Waals surface area contributed by atoms with Crippen molar-refractivity contribution in [3.8, 4) is 0 Å². The molecule has 0 aliphatic carbocycles. The molecule has 19 heavy (non-hydrogen) atoms. The van der Waals surface area contributed by atoms with Crippen LogP contribution in [0.3, 0.4) is 0 Å². The van der Waals surface area contributed by atoms with Gasteiger partial charge in [0.25, 0.3) is 0 Å². The molecule has 0 aliphatic heterocycles. The van der Waals surface area contributed by atoms with Gasteiger partial charge < -0.3 is 5.11 Å². The third-order valence-electron chi connectivity index (χ3n) is 2.97. The van der Waals surface area contributed by atoms with Crippen LogP contribution in [0.4, 0.5) is 0 Å². The zero-order valence-corrected chi connectivity index (χ0v) is 12.4. The van der Waals surface area contributed by atoms with E-state index in [4.69, 9.17) is 11.6 Å². The fourth-order valence-corrected chi connectivity index (χ4v) is 2.75. The van der Waals surface area contributed by atoms with E-state index in [1.165, 1.54) is 10.5 Å². The third-order valence-corrected chi connectivity index (χ3v) is 4.31. The van der Waals surface area contributed by atoms with Crippen molar-refractivity contribution in [3.05, 3.63) is 64.7 Å². The van der Waals surface area contributed by atoms with E-state index >= 15 is 0 Å². The molecule has 0 spiro atoms. The van der Waals surface area contributed by atoms with Gasteiger partial charge in [0.2, 0.25) is 0 Å². The number of thioether (sulfide) groups is 1. The largest absolute Gasteiger partial charge is 0.388 e. The van der Waals surface area contributed by atoms with Crippen LogP contribution in [0.2, 0.25) is 5.02 Å². The highest BCUT2D eigenvalue weighted by Crippen LogP contribution is 2.25. The number of aliphatic hydroxyl groups excluding tert-OH is 1. The zero-order chi connectivity index (χ0) is 13.7. The molecule has 3 heteroatoms. The molecule has 1 N–H and O–H groups in total. The lowest BCUT2D eigenvalue weighted by Crippen LogP contribution is -1.94. The molecule has 0 radical (unpaired) electrons. The predicted molar refractivity (Wildman–Crippen MR) is 82.7 cm³/mol. The molecule has 0 saturated heterocycles. The molecule has 100 valence electrons. The number of benzene rings is 2. The summed E-state index contributed by atoms with van der Waals surface area (Å²) in [4.78, 5) is 1.21. The minimum atomic E-state index is -0.352. The van der Waals surface area contributed by atoms with Crippen molar-refractivity contribution in [2.45, 2.75) is 30.1 Å². The van der Waals surface area contributed by atoms with Gasteiger partial charge in [0.15, 0.2) is 0 Å². The van der Waals surface area contributed by atoms with Crippen LogP contribution in [0.15, 0.2) is 53.4 Å². The Morgan fingerprint density at radius 3 is 2.26 bits per heavy atom. The Hall–Kier alpha value is -0.960. The molecule has 0 amide bonds. The van der Waals surface area contributed by atoms with Gasteiger partial charge >= 0.3 is 0 Å². The van der Waals surface area contributed by atoms with Crippen LogP contribution in [0.25, 0.3) is 0 Å². The standard InChI is InChI=1S/C16H17ClOS/c1-2-16(18)13-5-9-15(10-6-13)19-11-12-3-7-14(17)8-4-12/h3-10,16,18H,2,11H2,1H3. The summed E-state index contributed by atoms with van der Waals surface area (Å²) < 4.78 is 0. The average Bonchev–Trinajstić information content (AvgIpc) is 2.46. The summed E-state index contributed by atoms with van der Waals surface area (Å²) in [6, 6.07) is 16.0. The van der Waals surface area contributed by atoms with Crippen molar-refractivity contribution in [2.75, 3.05) is 0 Å². The van der Waals surface area contributed by atoms with Crippen molar-refractivity contribution in [1.82, 2.24) is 0 Å². The first kappa shape index (κ1) is 14.4. The fraction of sp³-hybridized carbons (Fsp3) is 0.250. The summed E-state index contributed by atoms with van der Waals surface area (Å²) in [5.41, 5.74) is 2.24. The Kier molecular flexibility index (Phi) is 5.32. The fourth-order valence-electron chi connectivity index (χ4n) is 1.77. The molecule has 1 unspecified atom stereocenters. The van der Waals surface area contributed by atoms with Gasteiger partial charge in [-0.1, -0.05) is 42.8 Å². The first-order valence-electron chi connectivity index (χ1n) is 6.34. The van der Waals surface area contributed by atoms with E-state index in [1.54, 1.807) is 11.8 Å². The van der Waals surface area contributed by atoms with Gasteiger partial charge in [-0.05, 0) is 41.8 Å². The van der Waals surface area contributed by atoms with Crippen LogP contribution < -0.4 is 0 Å². The highest BCUT2D eigenvalue weighted by molar-refractivity contribution is 7.98. The number of hydrogen-bond acceptors (Lipinski definition) is 2. The second-order valence-corrected chi connectivity index (χ2v) is 5.89. The lowest BCUT2D eigenvalue weighted by atomic mass is 10.1. The maximum absolute atomic E-state index is 9.73. The van der Waals surface area contributed by atoms with Crippen molar-refractivity contribution >= 4 is 23.4 Å². The van der Waals surface area contributed by atoms with Crippen LogP contribution in [-0.2, 0) is 5.75 Å². The Bertz CT molecular complexity index is 507. The predicted octanol–water partition coefficient (Wildman–Crippen LogP) is 5.08. The summed E-state index contributed by atoms with van der Waals surface area (Å²) >= 11 is 7.64. The maximum Gasteiger partial charge on any atom is 0.0787 e. The molecule has 1 atom stereocenters. The molecule has 0 aliphatic rings. The summed E-state index contributed by atoms with van der Waals surface area (Å²) in [5, 5.41) is 10.5. The van der Waals surface area contributed by atoms with Crippen LogP contribution in [0.5, 0.6) is 0 Å². The Morgan fingerprint density at radius 1 is 1.05 bits per heavy atom. The van der Waals surface area contributed by atoms with E-state index in [-0.39, 0.29) is 6.10 Å². The molecule has 0 saturated carbocycles. The van der Waals surface area contributed by atoms with E-state index in [9.17, 15) is 5.11 Å². The summed E-state index contributed by atoms with van der Waals surface area (Å²) in [6.45, 7) is 1.98. The Balaban J connectivity index is 1.94. The first-order chi connectivity index (χ1) is 9.19. The quantitative estimate of drug-likeness (QED) is 0.776. The second kappa shape index (κ2) is 6.99. The molecule has 2 aromatic rings. The normalized spacial score (nSPS) is 12.4. The highest BCUT2D eigenvalue weighted by Gasteiger charge is 2.04. The minimum absolute atomic E-state index is 0.352. The van der Waals surface area contributed by atoms with Crippen LogP contribution in [0.1, 0.15) is 30.6 Å². The number of rotatable bonds is 5. The molecule has 1 nitrogen and oxygen atoms in total. The molecular formula is C16H17ClOS. The molecule has 2 rings (SSSR count). The van der Waals surface area contributed by atoms with Crippen molar-refractivity contribution in [1.29, 1.82) is 0 Å². The van der Waals surface area contributed by atoms with Crippen molar-refractivity contribution < 1.29 is 5.11 Å². The van der Waals surface area contributed by atoms with Crippen molar-refractivity contribution in [2.24, 2.45) is 0 Å². The molecule has 2 aromatic carbocycles. The van der Waals surface area contributed by atoms with Crippen molar-refractivity contribution in [3.63, 3.8) is 0 Å². The lowest BCUT2D eigenvalue weighted by molar-refractivity contribution is 0.173. The van der Waals surface area contributed by atoms with Gasteiger partial charge in [-0.2, -0.15) is 0 Å². The van der Waals surface area contributed by atoms with Gasteiger partial charge in [0.1, 0.15) is 0 Å². The van der Waals surface area contributed by atoms with Crippen LogP contribution >= 0.6 is 23.4 Å². The maximum atomic E-state index is 9.73. The summed E-state index contributed by atoms with van der Waals surface area (Å²) in [6.07, 6.45) is 0.396. The monoisotopic (exact) mass is 292 g/mol. The Labute approximate surface area is 123 Å². The minimum Gasteiger partial charge on any atom is -0.388 e. The number of halogens is 1. The van der Waals surface area contributed by atoms with Crippen LogP contribution in [-0.4, -0.2) is 5.11 Å². The number of aliphatic hydroxyl groups is 1. The van der Waals surface area contributed by atoms with Crippen LogP contribution in [0, 0.1) is 0 Å². The highest BCUT2D eigenvalue weighted by atomic mass is 35.5. The molecule has 0 aromatic heterocycles. The first-order valence-corrected chi connectivity index (χ1v) is 7.70. The van der Waals surface area contributed by atoms with Gasteiger partial charge in [-0.3, -0.25) is 0 Å². The van der Waals surface area contributed by atoms with E-state index in [0.29, 0.717) is 0 Å². The third kappa shape index (κ3) is 4.27. The Morgan fingerprint density at radius 2 is 1.68 bits per heavy atom. The van der Waals surface area contributed by atoms with Gasteiger partial charge in [0.05, 0.1) is 6.10 Å².